The second-order valence-corrected chi connectivity index (χ2v) is 5.92. The lowest BCUT2D eigenvalue weighted by Gasteiger charge is -2.26. The molecule has 3 N–H and O–H groups in total. The van der Waals surface area contributed by atoms with Gasteiger partial charge in [0.05, 0.1) is 13.2 Å². The van der Waals surface area contributed by atoms with Gasteiger partial charge < -0.3 is 20.5 Å². The zero-order valence-corrected chi connectivity index (χ0v) is 14.6. The van der Waals surface area contributed by atoms with E-state index in [2.05, 4.69) is 27.1 Å². The Kier molecular flexibility index (Phi) is 6.03. The summed E-state index contributed by atoms with van der Waals surface area (Å²) < 4.78 is 11.2. The topological polar surface area (TPSA) is 85.5 Å². The Morgan fingerprint density at radius 1 is 1.20 bits per heavy atom. The first-order valence-electron chi connectivity index (χ1n) is 8.67. The number of aryl methyl sites for hydroxylation is 1. The lowest BCUT2D eigenvalue weighted by Crippen LogP contribution is -2.39. The van der Waals surface area contributed by atoms with Gasteiger partial charge in [-0.25, -0.2) is 4.98 Å². The number of nitrogens with zero attached hydrogens (tertiary/aromatic N) is 3. The molecule has 1 aromatic heterocycles. The Bertz CT molecular complexity index is 672. The molecule has 0 amide bonds. The normalized spacial score (nSPS) is 15.1. The number of ether oxygens (including phenoxy) is 2. The van der Waals surface area contributed by atoms with Gasteiger partial charge >= 0.3 is 0 Å². The Morgan fingerprint density at radius 2 is 1.96 bits per heavy atom. The van der Waals surface area contributed by atoms with Crippen LogP contribution in [0.1, 0.15) is 12.5 Å². The average Bonchev–Trinajstić information content (AvgIpc) is 2.66. The molecule has 0 saturated carbocycles. The SMILES string of the molecule is CCc1ccc(Oc2ncnc(NCCN3CCOCC3)c2N)cc1. The number of nitrogens with two attached hydrogens (primary N) is 1. The van der Waals surface area contributed by atoms with E-state index in [0.717, 1.165) is 45.8 Å². The third-order valence-corrected chi connectivity index (χ3v) is 4.22. The Hall–Kier alpha value is -2.38. The zero-order chi connectivity index (χ0) is 17.5. The van der Waals surface area contributed by atoms with E-state index < -0.39 is 0 Å². The summed E-state index contributed by atoms with van der Waals surface area (Å²) in [5.74, 6) is 1.68. The molecular formula is C18H25N5O2. The van der Waals surface area contributed by atoms with E-state index in [1.165, 1.54) is 11.9 Å². The number of nitrogens with one attached hydrogen (secondary N) is 1. The molecule has 1 saturated heterocycles. The number of anilines is 2. The zero-order valence-electron chi connectivity index (χ0n) is 14.6. The van der Waals surface area contributed by atoms with Crippen molar-refractivity contribution in [2.75, 3.05) is 50.4 Å². The van der Waals surface area contributed by atoms with Gasteiger partial charge in [0.15, 0.2) is 5.82 Å². The molecule has 3 rings (SSSR count). The number of hydrogen-bond acceptors (Lipinski definition) is 7. The van der Waals surface area contributed by atoms with Crippen molar-refractivity contribution in [3.63, 3.8) is 0 Å². The predicted molar refractivity (Wildman–Crippen MR) is 98.1 cm³/mol. The highest BCUT2D eigenvalue weighted by molar-refractivity contribution is 5.66. The van der Waals surface area contributed by atoms with Gasteiger partial charge in [-0.05, 0) is 24.1 Å². The van der Waals surface area contributed by atoms with Gasteiger partial charge in [0.25, 0.3) is 0 Å². The van der Waals surface area contributed by atoms with E-state index in [9.17, 15) is 0 Å². The monoisotopic (exact) mass is 343 g/mol. The largest absolute Gasteiger partial charge is 0.437 e. The van der Waals surface area contributed by atoms with Crippen LogP contribution in [0.3, 0.4) is 0 Å². The number of hydrogen-bond donors (Lipinski definition) is 2. The fourth-order valence-electron chi connectivity index (χ4n) is 2.66. The molecule has 0 atom stereocenters. The molecular weight excluding hydrogens is 318 g/mol. The highest BCUT2D eigenvalue weighted by atomic mass is 16.5. The number of aromatic nitrogens is 2. The molecule has 1 fully saturated rings. The maximum Gasteiger partial charge on any atom is 0.248 e. The van der Waals surface area contributed by atoms with Crippen molar-refractivity contribution in [3.8, 4) is 11.6 Å². The van der Waals surface area contributed by atoms with E-state index in [1.807, 2.05) is 24.3 Å². The molecule has 0 aliphatic carbocycles. The minimum atomic E-state index is 0.369. The fraction of sp³-hybridized carbons (Fsp3) is 0.444. The average molecular weight is 343 g/mol. The smallest absolute Gasteiger partial charge is 0.248 e. The van der Waals surface area contributed by atoms with Gasteiger partial charge in [-0.15, -0.1) is 0 Å². The van der Waals surface area contributed by atoms with Crippen LogP contribution in [-0.2, 0) is 11.2 Å². The molecule has 2 heterocycles. The van der Waals surface area contributed by atoms with Crippen molar-refractivity contribution < 1.29 is 9.47 Å². The second kappa shape index (κ2) is 8.64. The summed E-state index contributed by atoms with van der Waals surface area (Å²) in [7, 11) is 0. The third-order valence-electron chi connectivity index (χ3n) is 4.22. The van der Waals surface area contributed by atoms with E-state index >= 15 is 0 Å². The predicted octanol–water partition coefficient (Wildman–Crippen LogP) is 2.16. The van der Waals surface area contributed by atoms with Crippen molar-refractivity contribution in [1.82, 2.24) is 14.9 Å². The Morgan fingerprint density at radius 3 is 2.68 bits per heavy atom. The van der Waals surface area contributed by atoms with Gasteiger partial charge in [-0.1, -0.05) is 19.1 Å². The second-order valence-electron chi connectivity index (χ2n) is 5.92. The van der Waals surface area contributed by atoms with Crippen LogP contribution < -0.4 is 15.8 Å². The minimum Gasteiger partial charge on any atom is -0.437 e. The quantitative estimate of drug-likeness (QED) is 0.797. The standard InChI is InChI=1S/C18H25N5O2/c1-2-14-3-5-15(6-4-14)25-18-16(19)17(21-13-22-18)20-7-8-23-9-11-24-12-10-23/h3-6,13H,2,7-12,19H2,1H3,(H,20,21,22). The van der Waals surface area contributed by atoms with Crippen molar-refractivity contribution in [3.05, 3.63) is 36.2 Å². The van der Waals surface area contributed by atoms with Gasteiger partial charge in [0.1, 0.15) is 17.8 Å². The van der Waals surface area contributed by atoms with Crippen molar-refractivity contribution in [1.29, 1.82) is 0 Å². The van der Waals surface area contributed by atoms with E-state index in [4.69, 9.17) is 15.2 Å². The lowest BCUT2D eigenvalue weighted by atomic mass is 10.2. The van der Waals surface area contributed by atoms with Gasteiger partial charge in [-0.3, -0.25) is 4.90 Å². The van der Waals surface area contributed by atoms with Crippen molar-refractivity contribution in [2.45, 2.75) is 13.3 Å². The first-order valence-corrected chi connectivity index (χ1v) is 8.67. The van der Waals surface area contributed by atoms with Gasteiger partial charge in [-0.2, -0.15) is 4.98 Å². The maximum atomic E-state index is 6.16. The molecule has 1 aliphatic heterocycles. The van der Waals surface area contributed by atoms with Crippen LogP contribution in [0, 0.1) is 0 Å². The van der Waals surface area contributed by atoms with Crippen LogP contribution >= 0.6 is 0 Å². The number of nitrogen functional groups attached to an aromatic ring is 1. The summed E-state index contributed by atoms with van der Waals surface area (Å²) in [5.41, 5.74) is 7.84. The van der Waals surface area contributed by atoms with Crippen LogP contribution in [-0.4, -0.2) is 54.3 Å². The Balaban J connectivity index is 1.58. The molecule has 2 aromatic rings. The summed E-state index contributed by atoms with van der Waals surface area (Å²) in [6, 6.07) is 7.92. The molecule has 7 heteroatoms. The van der Waals surface area contributed by atoms with Crippen LogP contribution in [0.15, 0.2) is 30.6 Å². The van der Waals surface area contributed by atoms with Gasteiger partial charge in [0, 0.05) is 26.2 Å². The highest BCUT2D eigenvalue weighted by Gasteiger charge is 2.12. The van der Waals surface area contributed by atoms with Crippen LogP contribution in [0.25, 0.3) is 0 Å². The Labute approximate surface area is 148 Å². The minimum absolute atomic E-state index is 0.369. The number of rotatable bonds is 7. The van der Waals surface area contributed by atoms with E-state index in [-0.39, 0.29) is 0 Å². The number of benzene rings is 1. The van der Waals surface area contributed by atoms with Crippen LogP contribution in [0.2, 0.25) is 0 Å². The van der Waals surface area contributed by atoms with Crippen LogP contribution in [0.4, 0.5) is 11.5 Å². The van der Waals surface area contributed by atoms with E-state index in [0.29, 0.717) is 23.1 Å². The first kappa shape index (κ1) is 17.4. The van der Waals surface area contributed by atoms with Gasteiger partial charge in [0.2, 0.25) is 5.88 Å². The molecule has 0 bridgehead atoms. The third kappa shape index (κ3) is 4.80. The fourth-order valence-corrected chi connectivity index (χ4v) is 2.66. The molecule has 134 valence electrons. The molecule has 25 heavy (non-hydrogen) atoms. The maximum absolute atomic E-state index is 6.16. The molecule has 1 aliphatic rings. The molecule has 1 aromatic carbocycles. The molecule has 0 unspecified atom stereocenters. The molecule has 0 radical (unpaired) electrons. The molecule has 0 spiro atoms. The summed E-state index contributed by atoms with van der Waals surface area (Å²) in [4.78, 5) is 10.7. The van der Waals surface area contributed by atoms with Crippen LogP contribution in [0.5, 0.6) is 11.6 Å². The lowest BCUT2D eigenvalue weighted by molar-refractivity contribution is 0.0398. The summed E-state index contributed by atoms with van der Waals surface area (Å²) >= 11 is 0. The van der Waals surface area contributed by atoms with Crippen molar-refractivity contribution >= 4 is 11.5 Å². The number of morpholine rings is 1. The summed E-state index contributed by atoms with van der Waals surface area (Å²) in [6.45, 7) is 7.31. The highest BCUT2D eigenvalue weighted by Crippen LogP contribution is 2.29. The molecule has 7 nitrogen and oxygen atoms in total. The summed E-state index contributed by atoms with van der Waals surface area (Å²) in [5, 5.41) is 3.27. The van der Waals surface area contributed by atoms with E-state index in [1.54, 1.807) is 0 Å². The van der Waals surface area contributed by atoms with Crippen molar-refractivity contribution in [2.24, 2.45) is 0 Å². The summed E-state index contributed by atoms with van der Waals surface area (Å²) in [6.07, 6.45) is 2.45. The first-order chi connectivity index (χ1) is 12.3.